The number of rotatable bonds is 10. The first-order valence-corrected chi connectivity index (χ1v) is 8.84. The number of nitrogens with zero attached hydrogens (tertiary/aromatic N) is 1. The maximum absolute atomic E-state index is 12.3. The fourth-order valence-corrected chi connectivity index (χ4v) is 2.85. The summed E-state index contributed by atoms with van der Waals surface area (Å²) < 4.78 is 0. The van der Waals surface area contributed by atoms with Crippen LogP contribution >= 0.6 is 0 Å². The molecule has 10 nitrogen and oxygen atoms in total. The summed E-state index contributed by atoms with van der Waals surface area (Å²) in [5.41, 5.74) is 10.9. The van der Waals surface area contributed by atoms with Crippen LogP contribution in [0.4, 0.5) is 0 Å². The van der Waals surface area contributed by atoms with E-state index in [9.17, 15) is 19.2 Å². The molecule has 0 aromatic rings. The summed E-state index contributed by atoms with van der Waals surface area (Å²) in [7, 11) is 0. The molecular formula is C16H29N5O5. The molecule has 0 radical (unpaired) electrons. The van der Waals surface area contributed by atoms with Crippen molar-refractivity contribution in [3.63, 3.8) is 0 Å². The molecule has 1 saturated heterocycles. The van der Waals surface area contributed by atoms with E-state index in [2.05, 4.69) is 10.6 Å². The molecule has 0 saturated carbocycles. The van der Waals surface area contributed by atoms with Crippen LogP contribution in [0.25, 0.3) is 0 Å². The normalized spacial score (nSPS) is 18.9. The molecule has 0 aromatic carbocycles. The Hall–Kier alpha value is -2.20. The maximum Gasteiger partial charge on any atom is 0.326 e. The van der Waals surface area contributed by atoms with Gasteiger partial charge in [-0.2, -0.15) is 0 Å². The number of unbranched alkanes of at least 4 members (excludes halogenated alkanes) is 1. The lowest BCUT2D eigenvalue weighted by molar-refractivity contribution is -0.142. The predicted octanol–water partition coefficient (Wildman–Crippen LogP) is -1.86. The molecule has 26 heavy (non-hydrogen) atoms. The molecule has 0 aliphatic carbocycles. The second-order valence-electron chi connectivity index (χ2n) is 6.44. The number of nitrogens with one attached hydrogen (secondary N) is 2. The highest BCUT2D eigenvalue weighted by molar-refractivity contribution is 5.92. The highest BCUT2D eigenvalue weighted by Gasteiger charge is 2.35. The Labute approximate surface area is 152 Å². The number of carboxylic acids is 1. The van der Waals surface area contributed by atoms with Gasteiger partial charge in [0.05, 0.1) is 12.6 Å². The van der Waals surface area contributed by atoms with E-state index in [0.29, 0.717) is 38.8 Å². The molecule has 0 bridgehead atoms. The van der Waals surface area contributed by atoms with Crippen molar-refractivity contribution in [3.05, 3.63) is 0 Å². The van der Waals surface area contributed by atoms with E-state index in [4.69, 9.17) is 16.6 Å². The third kappa shape index (κ3) is 6.60. The summed E-state index contributed by atoms with van der Waals surface area (Å²) in [6.45, 7) is 2.11. The minimum atomic E-state index is -1.13. The topological polar surface area (TPSA) is 168 Å². The van der Waals surface area contributed by atoms with Crippen LogP contribution in [0.15, 0.2) is 0 Å². The molecule has 1 fully saturated rings. The van der Waals surface area contributed by atoms with Crippen LogP contribution in [-0.2, 0) is 19.2 Å². The van der Waals surface area contributed by atoms with Crippen LogP contribution in [0.3, 0.4) is 0 Å². The van der Waals surface area contributed by atoms with Crippen LogP contribution in [0, 0.1) is 0 Å². The molecule has 0 spiro atoms. The molecule has 1 rings (SSSR count). The molecule has 7 N–H and O–H groups in total. The maximum atomic E-state index is 12.3. The van der Waals surface area contributed by atoms with Crippen molar-refractivity contribution in [3.8, 4) is 0 Å². The molecule has 1 aliphatic heterocycles. The van der Waals surface area contributed by atoms with E-state index in [1.54, 1.807) is 6.92 Å². The summed E-state index contributed by atoms with van der Waals surface area (Å²) >= 11 is 0. The Balaban J connectivity index is 2.48. The first-order chi connectivity index (χ1) is 12.3. The molecular weight excluding hydrogens is 342 g/mol. The van der Waals surface area contributed by atoms with Gasteiger partial charge in [0.25, 0.3) is 0 Å². The second-order valence-corrected chi connectivity index (χ2v) is 6.44. The number of likely N-dealkylation sites (tertiary alicyclic amines) is 1. The van der Waals surface area contributed by atoms with Crippen molar-refractivity contribution < 1.29 is 24.3 Å². The summed E-state index contributed by atoms with van der Waals surface area (Å²) in [5.74, 6) is -2.48. The van der Waals surface area contributed by atoms with Crippen molar-refractivity contribution in [2.24, 2.45) is 11.5 Å². The molecule has 3 amide bonds. The number of carbonyl (C=O) groups is 4. The molecule has 1 heterocycles. The van der Waals surface area contributed by atoms with E-state index in [1.807, 2.05) is 0 Å². The minimum Gasteiger partial charge on any atom is -0.480 e. The van der Waals surface area contributed by atoms with Crippen LogP contribution in [0.2, 0.25) is 0 Å². The number of aliphatic carboxylic acids is 1. The van der Waals surface area contributed by atoms with Gasteiger partial charge in [0.15, 0.2) is 0 Å². The Morgan fingerprint density at radius 1 is 1.27 bits per heavy atom. The highest BCUT2D eigenvalue weighted by Crippen LogP contribution is 2.18. The SMILES string of the molecule is CC(N)C(=O)N1CCCC1C(=O)NCC(=O)NC(CCCCN)C(=O)O. The van der Waals surface area contributed by atoms with E-state index in [-0.39, 0.29) is 18.9 Å². The van der Waals surface area contributed by atoms with Gasteiger partial charge >= 0.3 is 5.97 Å². The number of hydrogen-bond donors (Lipinski definition) is 5. The molecule has 1 aliphatic rings. The smallest absolute Gasteiger partial charge is 0.326 e. The van der Waals surface area contributed by atoms with Gasteiger partial charge in [0, 0.05) is 6.54 Å². The lowest BCUT2D eigenvalue weighted by Gasteiger charge is -2.25. The number of amides is 3. The first-order valence-electron chi connectivity index (χ1n) is 8.84. The average molecular weight is 371 g/mol. The van der Waals surface area contributed by atoms with Gasteiger partial charge in [-0.1, -0.05) is 0 Å². The second kappa shape index (κ2) is 10.7. The molecule has 3 atom stereocenters. The summed E-state index contributed by atoms with van der Waals surface area (Å²) in [6.07, 6.45) is 2.71. The van der Waals surface area contributed by atoms with E-state index >= 15 is 0 Å². The first kappa shape index (κ1) is 21.8. The third-order valence-corrected chi connectivity index (χ3v) is 4.23. The number of carboxylic acid groups (broad SMARTS) is 1. The Morgan fingerprint density at radius 2 is 1.96 bits per heavy atom. The van der Waals surface area contributed by atoms with Gasteiger partial charge in [0.1, 0.15) is 12.1 Å². The third-order valence-electron chi connectivity index (χ3n) is 4.23. The zero-order valence-electron chi connectivity index (χ0n) is 15.1. The highest BCUT2D eigenvalue weighted by atomic mass is 16.4. The van der Waals surface area contributed by atoms with E-state index < -0.39 is 35.9 Å². The number of nitrogens with two attached hydrogens (primary N) is 2. The van der Waals surface area contributed by atoms with Gasteiger partial charge in [0.2, 0.25) is 17.7 Å². The van der Waals surface area contributed by atoms with Crippen LogP contribution < -0.4 is 22.1 Å². The zero-order chi connectivity index (χ0) is 19.7. The van der Waals surface area contributed by atoms with Gasteiger partial charge in [-0.15, -0.1) is 0 Å². The van der Waals surface area contributed by atoms with E-state index in [0.717, 1.165) is 0 Å². The van der Waals surface area contributed by atoms with Gasteiger partial charge in [-0.05, 0) is 45.6 Å². The van der Waals surface area contributed by atoms with Crippen LogP contribution in [0.1, 0.15) is 39.0 Å². The van der Waals surface area contributed by atoms with Crippen molar-refractivity contribution in [1.82, 2.24) is 15.5 Å². The lowest BCUT2D eigenvalue weighted by atomic mass is 10.1. The molecule has 148 valence electrons. The fraction of sp³-hybridized carbons (Fsp3) is 0.750. The van der Waals surface area contributed by atoms with Crippen LogP contribution in [0.5, 0.6) is 0 Å². The fourth-order valence-electron chi connectivity index (χ4n) is 2.85. The zero-order valence-corrected chi connectivity index (χ0v) is 15.1. The van der Waals surface area contributed by atoms with Crippen molar-refractivity contribution in [2.75, 3.05) is 19.6 Å². The summed E-state index contributed by atoms with van der Waals surface area (Å²) in [4.78, 5) is 48.8. The van der Waals surface area contributed by atoms with Gasteiger partial charge < -0.3 is 32.1 Å². The summed E-state index contributed by atoms with van der Waals surface area (Å²) in [5, 5.41) is 14.0. The average Bonchev–Trinajstić information content (AvgIpc) is 3.07. The van der Waals surface area contributed by atoms with Crippen LogP contribution in [-0.4, -0.2) is 71.5 Å². The van der Waals surface area contributed by atoms with Crippen molar-refractivity contribution in [1.29, 1.82) is 0 Å². The quantitative estimate of drug-likeness (QED) is 0.280. The molecule has 3 unspecified atom stereocenters. The molecule has 0 aromatic heterocycles. The molecule has 10 heteroatoms. The van der Waals surface area contributed by atoms with Crippen molar-refractivity contribution in [2.45, 2.75) is 57.2 Å². The van der Waals surface area contributed by atoms with E-state index in [1.165, 1.54) is 4.90 Å². The van der Waals surface area contributed by atoms with Gasteiger partial charge in [-0.3, -0.25) is 14.4 Å². The summed E-state index contributed by atoms with van der Waals surface area (Å²) in [6, 6.07) is -2.37. The predicted molar refractivity (Wildman–Crippen MR) is 93.9 cm³/mol. The lowest BCUT2D eigenvalue weighted by Crippen LogP contribution is -2.52. The monoisotopic (exact) mass is 371 g/mol. The number of hydrogen-bond acceptors (Lipinski definition) is 6. The standard InChI is InChI=1S/C16H29N5O5/c1-10(18)15(24)21-8-4-6-12(21)14(23)19-9-13(22)20-11(16(25)26)5-2-3-7-17/h10-12H,2-9,17-18H2,1H3,(H,19,23)(H,20,22)(H,25,26). The van der Waals surface area contributed by atoms with Crippen molar-refractivity contribution >= 4 is 23.7 Å². The Morgan fingerprint density at radius 3 is 2.54 bits per heavy atom. The largest absolute Gasteiger partial charge is 0.480 e. The van der Waals surface area contributed by atoms with Gasteiger partial charge in [-0.25, -0.2) is 4.79 Å². The Kier molecular flexibility index (Phi) is 9.00. The minimum absolute atomic E-state index is 0.269. The Bertz CT molecular complexity index is 525. The number of carbonyl (C=O) groups excluding carboxylic acids is 3.